The number of carbonyl (C=O) groups excluding carboxylic acids is 1. The molecule has 0 fully saturated rings. The third-order valence-corrected chi connectivity index (χ3v) is 7.89. The van der Waals surface area contributed by atoms with E-state index in [-0.39, 0.29) is 17.1 Å². The van der Waals surface area contributed by atoms with Crippen LogP contribution in [0.5, 0.6) is 0 Å². The van der Waals surface area contributed by atoms with Crippen LogP contribution in [-0.4, -0.2) is 37.1 Å². The number of fused-ring (bicyclic) bond motifs is 1. The molecule has 0 aliphatic heterocycles. The Hall–Kier alpha value is -4.84. The number of hydrogen-bond donors (Lipinski definition) is 1. The van der Waals surface area contributed by atoms with Crippen LogP contribution in [0.4, 0.5) is 11.4 Å². The van der Waals surface area contributed by atoms with E-state index in [9.17, 15) is 14.7 Å². The predicted molar refractivity (Wildman–Crippen MR) is 171 cm³/mol. The number of nitrogens with zero attached hydrogens (tertiary/aromatic N) is 2. The minimum absolute atomic E-state index is 0.0697. The van der Waals surface area contributed by atoms with Crippen LogP contribution in [0.25, 0.3) is 22.3 Å². The monoisotopic (exact) mass is 560 g/mol. The van der Waals surface area contributed by atoms with Crippen molar-refractivity contribution in [1.29, 1.82) is 0 Å². The van der Waals surface area contributed by atoms with Gasteiger partial charge in [-0.1, -0.05) is 54.6 Å². The van der Waals surface area contributed by atoms with E-state index in [0.29, 0.717) is 22.3 Å². The molecule has 0 atom stereocenters. The lowest BCUT2D eigenvalue weighted by Crippen LogP contribution is -2.22. The number of ketones is 1. The summed E-state index contributed by atoms with van der Waals surface area (Å²) in [4.78, 5) is 31.4. The number of rotatable bonds is 9. The zero-order chi connectivity index (χ0) is 29.8. The Bertz CT molecular complexity index is 1630. The molecule has 0 bridgehead atoms. The van der Waals surface area contributed by atoms with E-state index in [1.165, 1.54) is 6.26 Å². The summed E-state index contributed by atoms with van der Waals surface area (Å²) in [6.07, 6.45) is 2.50. The van der Waals surface area contributed by atoms with Crippen LogP contribution in [-0.2, 0) is 0 Å². The fourth-order valence-corrected chi connectivity index (χ4v) is 5.63. The lowest BCUT2D eigenvalue weighted by Gasteiger charge is -2.24. The van der Waals surface area contributed by atoms with Crippen molar-refractivity contribution in [2.45, 2.75) is 27.7 Å². The molecule has 1 aliphatic carbocycles. The van der Waals surface area contributed by atoms with Gasteiger partial charge in [0.25, 0.3) is 0 Å². The van der Waals surface area contributed by atoms with Crippen LogP contribution in [0.15, 0.2) is 106 Å². The van der Waals surface area contributed by atoms with E-state index >= 15 is 0 Å². The molecule has 6 nitrogen and oxygen atoms in total. The molecule has 1 aromatic heterocycles. The molecular formula is C36H36N2O4. The first-order valence-corrected chi connectivity index (χ1v) is 14.5. The number of aliphatic hydroxyl groups is 1. The summed E-state index contributed by atoms with van der Waals surface area (Å²) < 4.78 is 6.09. The fraction of sp³-hybridized carbons (Fsp3) is 0.222. The van der Waals surface area contributed by atoms with Gasteiger partial charge in [-0.3, -0.25) is 9.59 Å². The lowest BCUT2D eigenvalue weighted by atomic mass is 9.85. The van der Waals surface area contributed by atoms with Gasteiger partial charge in [0.15, 0.2) is 11.5 Å². The molecule has 0 spiro atoms. The third-order valence-electron chi connectivity index (χ3n) is 7.89. The summed E-state index contributed by atoms with van der Waals surface area (Å²) in [7, 11) is 0. The highest BCUT2D eigenvalue weighted by molar-refractivity contribution is 6.17. The molecule has 42 heavy (non-hydrogen) atoms. The van der Waals surface area contributed by atoms with Gasteiger partial charge in [0, 0.05) is 49.2 Å². The van der Waals surface area contributed by atoms with Crippen molar-refractivity contribution in [2.24, 2.45) is 0 Å². The molecular weight excluding hydrogens is 524 g/mol. The average molecular weight is 561 g/mol. The third kappa shape index (κ3) is 5.28. The highest BCUT2D eigenvalue weighted by Crippen LogP contribution is 2.40. The molecule has 1 heterocycles. The fourth-order valence-electron chi connectivity index (χ4n) is 5.63. The Kier molecular flexibility index (Phi) is 8.43. The van der Waals surface area contributed by atoms with E-state index in [0.717, 1.165) is 54.8 Å². The molecule has 1 aliphatic rings. The van der Waals surface area contributed by atoms with Crippen molar-refractivity contribution in [3.63, 3.8) is 0 Å². The number of aliphatic hydroxyl groups excluding tert-OH is 1. The second-order valence-corrected chi connectivity index (χ2v) is 10.1. The molecule has 0 saturated heterocycles. The minimum atomic E-state index is -0.578. The Morgan fingerprint density at radius 1 is 0.714 bits per heavy atom. The maximum absolute atomic E-state index is 13.7. The molecule has 3 aromatic carbocycles. The van der Waals surface area contributed by atoms with Gasteiger partial charge in [-0.15, -0.1) is 0 Å². The minimum Gasteiger partial charge on any atom is -0.507 e. The van der Waals surface area contributed by atoms with E-state index in [1.807, 2.05) is 42.5 Å². The molecule has 1 N–H and O–H groups in total. The van der Waals surface area contributed by atoms with Crippen LogP contribution >= 0.6 is 0 Å². The highest BCUT2D eigenvalue weighted by Gasteiger charge is 2.32. The van der Waals surface area contributed by atoms with Gasteiger partial charge in [-0.2, -0.15) is 0 Å². The molecule has 0 unspecified atom stereocenters. The smallest absolute Gasteiger partial charge is 0.204 e. The molecule has 0 saturated carbocycles. The van der Waals surface area contributed by atoms with Crippen LogP contribution in [0.2, 0.25) is 0 Å². The van der Waals surface area contributed by atoms with Crippen molar-refractivity contribution < 1.29 is 14.3 Å². The van der Waals surface area contributed by atoms with Crippen molar-refractivity contribution in [1.82, 2.24) is 0 Å². The van der Waals surface area contributed by atoms with Crippen molar-refractivity contribution in [2.75, 3.05) is 36.0 Å². The second-order valence-electron chi connectivity index (χ2n) is 10.1. The quantitative estimate of drug-likeness (QED) is 0.227. The van der Waals surface area contributed by atoms with Gasteiger partial charge < -0.3 is 19.3 Å². The molecule has 214 valence electrons. The van der Waals surface area contributed by atoms with Gasteiger partial charge in [-0.05, 0) is 68.7 Å². The highest BCUT2D eigenvalue weighted by atomic mass is 16.3. The first-order chi connectivity index (χ1) is 20.4. The van der Waals surface area contributed by atoms with Gasteiger partial charge in [0.05, 0.1) is 11.1 Å². The summed E-state index contributed by atoms with van der Waals surface area (Å²) in [6, 6.07) is 25.4. The zero-order valence-electron chi connectivity index (χ0n) is 24.6. The van der Waals surface area contributed by atoms with E-state index < -0.39 is 11.2 Å². The van der Waals surface area contributed by atoms with Gasteiger partial charge in [0.2, 0.25) is 5.43 Å². The zero-order valence-corrected chi connectivity index (χ0v) is 24.6. The van der Waals surface area contributed by atoms with Crippen LogP contribution in [0.3, 0.4) is 0 Å². The molecule has 6 heteroatoms. The Balaban J connectivity index is 1.76. The van der Waals surface area contributed by atoms with Gasteiger partial charge in [0.1, 0.15) is 17.6 Å². The maximum Gasteiger partial charge on any atom is 0.204 e. The summed E-state index contributed by atoms with van der Waals surface area (Å²) in [5.74, 6) is -0.745. The average Bonchev–Trinajstić information content (AvgIpc) is 3.01. The maximum atomic E-state index is 13.7. The topological polar surface area (TPSA) is 74.0 Å². The lowest BCUT2D eigenvalue weighted by molar-refractivity contribution is 0.103. The summed E-state index contributed by atoms with van der Waals surface area (Å²) in [5, 5.41) is 11.3. The number of carbonyl (C=O) groups is 1. The Morgan fingerprint density at radius 3 is 1.69 bits per heavy atom. The normalized spacial score (nSPS) is 12.5. The largest absolute Gasteiger partial charge is 0.507 e. The van der Waals surface area contributed by atoms with Crippen molar-refractivity contribution in [3.05, 3.63) is 130 Å². The number of allylic oxidation sites excluding steroid dienone is 2. The number of anilines is 2. The van der Waals surface area contributed by atoms with Crippen LogP contribution in [0, 0.1) is 0 Å². The molecule has 4 aromatic rings. The second kappa shape index (κ2) is 12.4. The van der Waals surface area contributed by atoms with Crippen LogP contribution < -0.4 is 15.2 Å². The Morgan fingerprint density at radius 2 is 1.21 bits per heavy atom. The standard InChI is InChI=1S/C36H36N2O4/c1-5-37(6-2)27-18-14-25(15-19-27)32(26-16-20-28(21-17-26)38(7-3)8-4)33-30(39)22-31(40)34-35(41)29(23-42-36(33)34)24-12-10-9-11-13-24/h9-23,39H,5-8H2,1-4H3. The predicted octanol–water partition coefficient (Wildman–Crippen LogP) is 7.60. The number of benzene rings is 3. The van der Waals surface area contributed by atoms with Crippen molar-refractivity contribution >= 4 is 28.3 Å². The van der Waals surface area contributed by atoms with Gasteiger partial charge in [-0.25, -0.2) is 0 Å². The molecule has 0 amide bonds. The first-order valence-electron chi connectivity index (χ1n) is 14.5. The summed E-state index contributed by atoms with van der Waals surface area (Å²) in [5.41, 5.74) is 5.25. The molecule has 0 radical (unpaired) electrons. The van der Waals surface area contributed by atoms with E-state index in [2.05, 4.69) is 61.8 Å². The van der Waals surface area contributed by atoms with E-state index in [1.54, 1.807) is 12.1 Å². The SMILES string of the molecule is CCN(CC)c1ccc(C(=C2C(O)=CC(=O)c3c2occ(-c2ccccc2)c3=O)c2ccc(N(CC)CC)cc2)cc1. The molecule has 5 rings (SSSR count). The first kappa shape index (κ1) is 28.7. The van der Waals surface area contributed by atoms with Crippen molar-refractivity contribution in [3.8, 4) is 11.1 Å². The van der Waals surface area contributed by atoms with Gasteiger partial charge >= 0.3 is 0 Å². The summed E-state index contributed by atoms with van der Waals surface area (Å²) >= 11 is 0. The Labute approximate surface area is 246 Å². The van der Waals surface area contributed by atoms with Crippen LogP contribution in [0.1, 0.15) is 54.9 Å². The van der Waals surface area contributed by atoms with E-state index in [4.69, 9.17) is 4.42 Å². The summed E-state index contributed by atoms with van der Waals surface area (Å²) in [6.45, 7) is 12.0. The number of hydrogen-bond acceptors (Lipinski definition) is 6.